The number of carbonyl (C=O) groups excluding carboxylic acids is 1. The topological polar surface area (TPSA) is 131 Å². The number of hydrogen-bond donors (Lipinski definition) is 1. The first kappa shape index (κ1) is 16.2. The maximum atomic E-state index is 12.4. The monoisotopic (exact) mass is 342 g/mol. The van der Waals surface area contributed by atoms with Gasteiger partial charge in [-0.3, -0.25) is 10.1 Å². The fraction of sp³-hybridized carbons (Fsp3) is 0.133. The van der Waals surface area contributed by atoms with Gasteiger partial charge < -0.3 is 10.6 Å². The van der Waals surface area contributed by atoms with Crippen LogP contribution in [-0.4, -0.2) is 30.6 Å². The average Bonchev–Trinajstić information content (AvgIpc) is 3.22. The van der Waals surface area contributed by atoms with Crippen molar-refractivity contribution in [2.75, 3.05) is 5.73 Å². The van der Waals surface area contributed by atoms with E-state index in [0.717, 1.165) is 4.85 Å². The van der Waals surface area contributed by atoms with Gasteiger partial charge >= 0.3 is 5.97 Å². The zero-order chi connectivity index (χ0) is 18.0. The van der Waals surface area contributed by atoms with Crippen LogP contribution in [0.4, 0.5) is 11.5 Å². The smallest absolute Gasteiger partial charge is 0.371 e. The van der Waals surface area contributed by atoms with Crippen molar-refractivity contribution in [2.24, 2.45) is 0 Å². The Balaban J connectivity index is 2.03. The molecule has 25 heavy (non-hydrogen) atoms. The second kappa shape index (κ2) is 6.43. The van der Waals surface area contributed by atoms with Crippen molar-refractivity contribution < 1.29 is 14.6 Å². The van der Waals surface area contributed by atoms with E-state index in [2.05, 4.69) is 10.2 Å². The molecule has 0 spiro atoms. The number of rotatable bonds is 5. The SMILES string of the molecule is CCc1nn(-c2cccc([N+](=O)[O-])c2)c(N)c1C(=O)On1cccn1. The van der Waals surface area contributed by atoms with Crippen molar-refractivity contribution in [3.8, 4) is 5.69 Å². The predicted octanol–water partition coefficient (Wildman–Crippen LogP) is 1.39. The van der Waals surface area contributed by atoms with Crippen LogP contribution >= 0.6 is 0 Å². The molecule has 3 aromatic rings. The fourth-order valence-electron chi connectivity index (χ4n) is 2.32. The van der Waals surface area contributed by atoms with Crippen molar-refractivity contribution >= 4 is 17.5 Å². The number of benzene rings is 1. The molecular weight excluding hydrogens is 328 g/mol. The molecule has 10 heteroatoms. The minimum atomic E-state index is -0.713. The molecule has 2 aromatic heterocycles. The van der Waals surface area contributed by atoms with Crippen LogP contribution in [0.5, 0.6) is 0 Å². The Morgan fingerprint density at radius 2 is 2.20 bits per heavy atom. The van der Waals surface area contributed by atoms with E-state index in [1.165, 1.54) is 35.3 Å². The summed E-state index contributed by atoms with van der Waals surface area (Å²) in [6, 6.07) is 7.41. The highest BCUT2D eigenvalue weighted by molar-refractivity contribution is 5.96. The highest BCUT2D eigenvalue weighted by Gasteiger charge is 2.24. The normalized spacial score (nSPS) is 10.6. The lowest BCUT2D eigenvalue weighted by molar-refractivity contribution is -0.384. The standard InChI is InChI=1S/C15H14N6O4/c1-2-12-13(15(22)25-19-8-4-7-17-19)14(16)20(18-12)10-5-3-6-11(9-10)21(23)24/h3-9H,2,16H2,1H3. The Morgan fingerprint density at radius 3 is 2.84 bits per heavy atom. The van der Waals surface area contributed by atoms with Gasteiger partial charge in [0.25, 0.3) is 5.69 Å². The number of nitrogens with zero attached hydrogens (tertiary/aromatic N) is 5. The third kappa shape index (κ3) is 3.04. The van der Waals surface area contributed by atoms with Crippen LogP contribution in [0.3, 0.4) is 0 Å². The Hall–Kier alpha value is -3.69. The van der Waals surface area contributed by atoms with E-state index in [1.54, 1.807) is 12.1 Å². The molecule has 0 atom stereocenters. The summed E-state index contributed by atoms with van der Waals surface area (Å²) in [7, 11) is 0. The molecule has 0 aliphatic rings. The Morgan fingerprint density at radius 1 is 1.40 bits per heavy atom. The minimum absolute atomic E-state index is 0.0366. The zero-order valence-electron chi connectivity index (χ0n) is 13.2. The molecule has 128 valence electrons. The van der Waals surface area contributed by atoms with Gasteiger partial charge in [0.15, 0.2) is 0 Å². The van der Waals surface area contributed by atoms with Gasteiger partial charge in [-0.2, -0.15) is 5.10 Å². The fourth-order valence-corrected chi connectivity index (χ4v) is 2.32. The summed E-state index contributed by atoms with van der Waals surface area (Å²) in [5.74, 6) is -0.677. The van der Waals surface area contributed by atoms with Crippen molar-refractivity contribution in [3.05, 3.63) is 64.1 Å². The number of carbonyl (C=O) groups is 1. The summed E-state index contributed by atoms with van der Waals surface area (Å²) in [5.41, 5.74) is 6.86. The number of anilines is 1. The number of aromatic nitrogens is 4. The van der Waals surface area contributed by atoms with Crippen LogP contribution in [0.2, 0.25) is 0 Å². The van der Waals surface area contributed by atoms with Gasteiger partial charge in [0.1, 0.15) is 11.4 Å². The van der Waals surface area contributed by atoms with Crippen molar-refractivity contribution in [1.82, 2.24) is 19.7 Å². The third-order valence-electron chi connectivity index (χ3n) is 3.47. The Labute approximate surface area is 141 Å². The Kier molecular flexibility index (Phi) is 4.16. The van der Waals surface area contributed by atoms with Gasteiger partial charge in [0, 0.05) is 12.1 Å². The second-order valence-corrected chi connectivity index (χ2v) is 5.04. The highest BCUT2D eigenvalue weighted by atomic mass is 16.7. The lowest BCUT2D eigenvalue weighted by atomic mass is 10.2. The van der Waals surface area contributed by atoms with E-state index >= 15 is 0 Å². The number of aryl methyl sites for hydroxylation is 1. The number of non-ortho nitro benzene ring substituents is 1. The predicted molar refractivity (Wildman–Crippen MR) is 87.1 cm³/mol. The molecule has 10 nitrogen and oxygen atoms in total. The molecule has 0 unspecified atom stereocenters. The van der Waals surface area contributed by atoms with Crippen LogP contribution in [0, 0.1) is 10.1 Å². The van der Waals surface area contributed by atoms with Crippen LogP contribution in [-0.2, 0) is 6.42 Å². The first-order valence-corrected chi connectivity index (χ1v) is 7.35. The van der Waals surface area contributed by atoms with E-state index in [9.17, 15) is 14.9 Å². The van der Waals surface area contributed by atoms with Crippen molar-refractivity contribution in [1.29, 1.82) is 0 Å². The molecule has 2 heterocycles. The molecule has 0 aliphatic carbocycles. The molecule has 0 saturated heterocycles. The Bertz CT molecular complexity index is 932. The van der Waals surface area contributed by atoms with Crippen molar-refractivity contribution in [2.45, 2.75) is 13.3 Å². The number of nitrogens with two attached hydrogens (primary N) is 1. The van der Waals surface area contributed by atoms with E-state index < -0.39 is 10.9 Å². The first-order valence-electron chi connectivity index (χ1n) is 7.35. The first-order chi connectivity index (χ1) is 12.0. The number of nitrogen functional groups attached to an aromatic ring is 1. The number of nitro benzene ring substituents is 1. The van der Waals surface area contributed by atoms with Gasteiger partial charge in [-0.25, -0.2) is 9.48 Å². The molecule has 1 aromatic carbocycles. The summed E-state index contributed by atoms with van der Waals surface area (Å²) in [5, 5.41) is 19.0. The van der Waals surface area contributed by atoms with Crippen molar-refractivity contribution in [3.63, 3.8) is 0 Å². The maximum absolute atomic E-state index is 12.4. The lowest BCUT2D eigenvalue weighted by Gasteiger charge is -2.05. The number of nitro groups is 1. The van der Waals surface area contributed by atoms with Crippen LogP contribution in [0.25, 0.3) is 5.69 Å². The molecular formula is C15H14N6O4. The van der Waals surface area contributed by atoms with Gasteiger partial charge in [-0.05, 0) is 18.6 Å². The van der Waals surface area contributed by atoms with E-state index in [1.807, 2.05) is 6.92 Å². The van der Waals surface area contributed by atoms with Crippen LogP contribution in [0.1, 0.15) is 23.0 Å². The molecule has 0 saturated carbocycles. The molecule has 2 N–H and O–H groups in total. The van der Waals surface area contributed by atoms with Crippen LogP contribution < -0.4 is 10.6 Å². The summed E-state index contributed by atoms with van der Waals surface area (Å²) in [6.07, 6.45) is 3.35. The van der Waals surface area contributed by atoms with Gasteiger partial charge in [0.05, 0.1) is 28.7 Å². The summed E-state index contributed by atoms with van der Waals surface area (Å²) >= 11 is 0. The van der Waals surface area contributed by atoms with Gasteiger partial charge in [0.2, 0.25) is 0 Å². The van der Waals surface area contributed by atoms with E-state index in [0.29, 0.717) is 17.8 Å². The quantitative estimate of drug-likeness (QED) is 0.547. The molecule has 0 amide bonds. The second-order valence-electron chi connectivity index (χ2n) is 5.04. The largest absolute Gasteiger partial charge is 0.383 e. The molecule has 0 fully saturated rings. The lowest BCUT2D eigenvalue weighted by Crippen LogP contribution is -2.22. The van der Waals surface area contributed by atoms with E-state index in [4.69, 9.17) is 10.6 Å². The van der Waals surface area contributed by atoms with Gasteiger partial charge in [-0.1, -0.05) is 17.8 Å². The maximum Gasteiger partial charge on any atom is 0.371 e. The molecule has 3 rings (SSSR count). The molecule has 0 radical (unpaired) electrons. The highest BCUT2D eigenvalue weighted by Crippen LogP contribution is 2.24. The average molecular weight is 342 g/mol. The minimum Gasteiger partial charge on any atom is -0.383 e. The summed E-state index contributed by atoms with van der Waals surface area (Å²) in [6.45, 7) is 1.81. The molecule has 0 aliphatic heterocycles. The zero-order valence-corrected chi connectivity index (χ0v) is 13.2. The number of hydrogen-bond acceptors (Lipinski definition) is 7. The van der Waals surface area contributed by atoms with E-state index in [-0.39, 0.29) is 17.1 Å². The summed E-state index contributed by atoms with van der Waals surface area (Å²) in [4.78, 5) is 28.9. The third-order valence-corrected chi connectivity index (χ3v) is 3.47. The van der Waals surface area contributed by atoms with Gasteiger partial charge in [-0.15, -0.1) is 5.10 Å². The molecule has 0 bridgehead atoms. The van der Waals surface area contributed by atoms with Crippen LogP contribution in [0.15, 0.2) is 42.7 Å². The summed E-state index contributed by atoms with van der Waals surface area (Å²) < 4.78 is 1.28.